The van der Waals surface area contributed by atoms with Crippen LogP contribution in [-0.2, 0) is 25.6 Å². The van der Waals surface area contributed by atoms with Gasteiger partial charge < -0.3 is 36.9 Å². The number of aliphatic carboxylic acids is 1. The second kappa shape index (κ2) is 13.9. The van der Waals surface area contributed by atoms with Crippen LogP contribution in [0.4, 0.5) is 0 Å². The Labute approximate surface area is 188 Å². The van der Waals surface area contributed by atoms with Crippen LogP contribution in [-0.4, -0.2) is 92.4 Å². The summed E-state index contributed by atoms with van der Waals surface area (Å²) in [7, 11) is 0. The summed E-state index contributed by atoms with van der Waals surface area (Å²) in [4.78, 5) is 55.2. The Morgan fingerprint density at radius 1 is 1.16 bits per heavy atom. The van der Waals surface area contributed by atoms with Gasteiger partial charge in [-0.05, 0) is 18.4 Å². The van der Waals surface area contributed by atoms with Gasteiger partial charge in [-0.25, -0.2) is 9.78 Å². The van der Waals surface area contributed by atoms with Gasteiger partial charge in [-0.15, -0.1) is 0 Å². The smallest absolute Gasteiger partial charge is 0.328 e. The normalized spacial score (nSPS) is 14.7. The summed E-state index contributed by atoms with van der Waals surface area (Å²) in [6.45, 7) is -0.819. The number of hydrogen-bond acceptors (Lipinski definition) is 9. The standard InChI is InChI=1S/C17H28N6O6S2/c1-31-3-2-10(18)14(25)21-11(4-9-5-19-8-20-9)15(26)23-13(7-30)16(27)22-12(6-24)17(28)29/h5,8,10-13,24,30H,2-4,6-7,18H2,1H3,(H,19,20)(H,21,25)(H,22,27)(H,23,26)(H,28,29). The number of H-pyrrole nitrogens is 1. The van der Waals surface area contributed by atoms with Crippen molar-refractivity contribution in [1.82, 2.24) is 25.9 Å². The van der Waals surface area contributed by atoms with E-state index in [4.69, 9.17) is 15.9 Å². The minimum atomic E-state index is -1.53. The van der Waals surface area contributed by atoms with Gasteiger partial charge in [0, 0.05) is 24.1 Å². The molecule has 12 nitrogen and oxygen atoms in total. The third-order valence-electron chi connectivity index (χ3n) is 4.19. The second-order valence-corrected chi connectivity index (χ2v) is 7.91. The Kier molecular flexibility index (Phi) is 12.0. The Morgan fingerprint density at radius 3 is 2.29 bits per heavy atom. The van der Waals surface area contributed by atoms with Crippen LogP contribution < -0.4 is 21.7 Å². The molecule has 0 aliphatic carbocycles. The number of aromatic amines is 1. The number of nitrogens with zero attached hydrogens (tertiary/aromatic N) is 1. The number of hydrogen-bond donors (Lipinski definition) is 8. The highest BCUT2D eigenvalue weighted by Crippen LogP contribution is 2.04. The molecule has 1 heterocycles. The van der Waals surface area contributed by atoms with E-state index < -0.39 is 54.5 Å². The van der Waals surface area contributed by atoms with Gasteiger partial charge in [0.05, 0.1) is 19.0 Å². The van der Waals surface area contributed by atoms with E-state index in [1.54, 1.807) is 0 Å². The van der Waals surface area contributed by atoms with E-state index in [-0.39, 0.29) is 12.2 Å². The van der Waals surface area contributed by atoms with Crippen LogP contribution in [0.3, 0.4) is 0 Å². The molecule has 3 amide bonds. The fraction of sp³-hybridized carbons (Fsp3) is 0.588. The molecule has 8 N–H and O–H groups in total. The number of aromatic nitrogens is 2. The monoisotopic (exact) mass is 476 g/mol. The first-order chi connectivity index (χ1) is 14.7. The van der Waals surface area contributed by atoms with E-state index in [1.807, 2.05) is 6.26 Å². The van der Waals surface area contributed by atoms with E-state index >= 15 is 0 Å². The molecule has 1 rings (SSSR count). The number of nitrogens with two attached hydrogens (primary N) is 1. The molecule has 0 spiro atoms. The zero-order valence-corrected chi connectivity index (χ0v) is 18.6. The minimum Gasteiger partial charge on any atom is -0.480 e. The van der Waals surface area contributed by atoms with Gasteiger partial charge in [0.1, 0.15) is 18.1 Å². The summed E-state index contributed by atoms with van der Waals surface area (Å²) >= 11 is 5.55. The molecule has 0 saturated heterocycles. The van der Waals surface area contributed by atoms with Crippen molar-refractivity contribution in [2.24, 2.45) is 5.73 Å². The maximum Gasteiger partial charge on any atom is 0.328 e. The quantitative estimate of drug-likeness (QED) is 0.134. The molecule has 4 atom stereocenters. The number of aliphatic hydroxyl groups is 1. The van der Waals surface area contributed by atoms with Crippen LogP contribution >= 0.6 is 24.4 Å². The van der Waals surface area contributed by atoms with Crippen molar-refractivity contribution >= 4 is 48.1 Å². The lowest BCUT2D eigenvalue weighted by molar-refractivity contribution is -0.143. The Bertz CT molecular complexity index is 735. The van der Waals surface area contributed by atoms with Gasteiger partial charge in [-0.3, -0.25) is 14.4 Å². The number of amides is 3. The highest BCUT2D eigenvalue weighted by Gasteiger charge is 2.29. The van der Waals surface area contributed by atoms with Crippen LogP contribution in [0.15, 0.2) is 12.5 Å². The number of carbonyl (C=O) groups is 4. The van der Waals surface area contributed by atoms with Crippen molar-refractivity contribution < 1.29 is 29.4 Å². The topological polar surface area (TPSA) is 200 Å². The maximum absolute atomic E-state index is 12.8. The molecule has 0 bridgehead atoms. The number of carboxylic acids is 1. The largest absolute Gasteiger partial charge is 0.480 e. The molecule has 0 aliphatic heterocycles. The highest BCUT2D eigenvalue weighted by molar-refractivity contribution is 7.98. The predicted octanol–water partition coefficient (Wildman–Crippen LogP) is -2.51. The van der Waals surface area contributed by atoms with Gasteiger partial charge in [-0.2, -0.15) is 24.4 Å². The van der Waals surface area contributed by atoms with Crippen molar-refractivity contribution in [2.75, 3.05) is 24.4 Å². The first-order valence-electron chi connectivity index (χ1n) is 9.30. The fourth-order valence-electron chi connectivity index (χ4n) is 2.40. The number of aliphatic hydroxyl groups excluding tert-OH is 1. The Morgan fingerprint density at radius 2 is 1.77 bits per heavy atom. The number of rotatable bonds is 14. The number of nitrogens with one attached hydrogen (secondary N) is 4. The average Bonchev–Trinajstić information content (AvgIpc) is 3.25. The molecule has 174 valence electrons. The number of thioether (sulfide) groups is 1. The number of carbonyl (C=O) groups excluding carboxylic acids is 3. The maximum atomic E-state index is 12.8. The van der Waals surface area contributed by atoms with E-state index in [0.717, 1.165) is 0 Å². The van der Waals surface area contributed by atoms with Crippen LogP contribution in [0.5, 0.6) is 0 Å². The molecule has 0 fully saturated rings. The Balaban J connectivity index is 2.87. The molecule has 4 unspecified atom stereocenters. The zero-order chi connectivity index (χ0) is 23.4. The van der Waals surface area contributed by atoms with Crippen molar-refractivity contribution in [1.29, 1.82) is 0 Å². The summed E-state index contributed by atoms with van der Waals surface area (Å²) in [5.74, 6) is -2.95. The zero-order valence-electron chi connectivity index (χ0n) is 16.9. The summed E-state index contributed by atoms with van der Waals surface area (Å²) in [5.41, 5.74) is 6.43. The number of carboxylic acid groups (broad SMARTS) is 1. The van der Waals surface area contributed by atoms with Crippen LogP contribution in [0, 0.1) is 0 Å². The van der Waals surface area contributed by atoms with E-state index in [0.29, 0.717) is 17.9 Å². The van der Waals surface area contributed by atoms with E-state index in [9.17, 15) is 19.2 Å². The van der Waals surface area contributed by atoms with Crippen molar-refractivity contribution in [3.05, 3.63) is 18.2 Å². The molecule has 0 saturated carbocycles. The summed E-state index contributed by atoms with van der Waals surface area (Å²) in [5, 5.41) is 25.1. The van der Waals surface area contributed by atoms with Crippen molar-refractivity contribution in [3.8, 4) is 0 Å². The number of imidazole rings is 1. The third kappa shape index (κ3) is 9.16. The molecule has 0 aliphatic rings. The van der Waals surface area contributed by atoms with Crippen LogP contribution in [0.1, 0.15) is 12.1 Å². The van der Waals surface area contributed by atoms with Gasteiger partial charge in [0.2, 0.25) is 17.7 Å². The molecule has 0 radical (unpaired) electrons. The van der Waals surface area contributed by atoms with Crippen LogP contribution in [0.2, 0.25) is 0 Å². The summed E-state index contributed by atoms with van der Waals surface area (Å²) < 4.78 is 0. The average molecular weight is 477 g/mol. The third-order valence-corrected chi connectivity index (χ3v) is 5.20. The highest BCUT2D eigenvalue weighted by atomic mass is 32.2. The van der Waals surface area contributed by atoms with Crippen LogP contribution in [0.25, 0.3) is 0 Å². The molecule has 31 heavy (non-hydrogen) atoms. The summed E-state index contributed by atoms with van der Waals surface area (Å²) in [6, 6.07) is -4.61. The first-order valence-corrected chi connectivity index (χ1v) is 11.3. The molecule has 1 aromatic rings. The molecule has 14 heteroatoms. The summed E-state index contributed by atoms with van der Waals surface area (Å²) in [6.07, 6.45) is 5.27. The molecule has 1 aromatic heterocycles. The van der Waals surface area contributed by atoms with E-state index in [2.05, 4.69) is 38.5 Å². The minimum absolute atomic E-state index is 0.0577. The molecular weight excluding hydrogens is 448 g/mol. The van der Waals surface area contributed by atoms with Gasteiger partial charge in [-0.1, -0.05) is 0 Å². The SMILES string of the molecule is CSCCC(N)C(=O)NC(Cc1cnc[nH]1)C(=O)NC(CS)C(=O)NC(CO)C(=O)O. The van der Waals surface area contributed by atoms with Crippen molar-refractivity contribution in [2.45, 2.75) is 37.0 Å². The molecular formula is C17H28N6O6S2. The fourth-order valence-corrected chi connectivity index (χ4v) is 3.15. The van der Waals surface area contributed by atoms with Crippen molar-refractivity contribution in [3.63, 3.8) is 0 Å². The lowest BCUT2D eigenvalue weighted by Crippen LogP contribution is -2.58. The number of thiol groups is 1. The molecule has 0 aromatic carbocycles. The Hall–Kier alpha value is -2.29. The van der Waals surface area contributed by atoms with E-state index in [1.165, 1.54) is 24.3 Å². The lowest BCUT2D eigenvalue weighted by Gasteiger charge is -2.24. The van der Waals surface area contributed by atoms with Gasteiger partial charge in [0.25, 0.3) is 0 Å². The first kappa shape index (κ1) is 26.7. The second-order valence-electron chi connectivity index (χ2n) is 6.56. The lowest BCUT2D eigenvalue weighted by atomic mass is 10.1. The van der Waals surface area contributed by atoms with Gasteiger partial charge >= 0.3 is 5.97 Å². The van der Waals surface area contributed by atoms with Gasteiger partial charge in [0.15, 0.2) is 0 Å². The predicted molar refractivity (Wildman–Crippen MR) is 118 cm³/mol.